The molecule has 26 heavy (non-hydrogen) atoms. The van der Waals surface area contributed by atoms with Crippen molar-refractivity contribution < 1.29 is 22.7 Å². The van der Waals surface area contributed by atoms with Crippen LogP contribution in [0.5, 0.6) is 0 Å². The third-order valence-corrected chi connectivity index (χ3v) is 4.55. The van der Waals surface area contributed by atoms with Crippen LogP contribution in [0.3, 0.4) is 0 Å². The Hall–Kier alpha value is -2.66. The van der Waals surface area contributed by atoms with E-state index in [2.05, 4.69) is 20.3 Å². The average Bonchev–Trinajstić information content (AvgIpc) is 2.52. The molecule has 2 rings (SSSR count). The van der Waals surface area contributed by atoms with Crippen molar-refractivity contribution in [1.82, 2.24) is 19.7 Å². The van der Waals surface area contributed by atoms with Crippen LogP contribution in [0.2, 0.25) is 0 Å². The summed E-state index contributed by atoms with van der Waals surface area (Å²) in [6.07, 6.45) is -2.29. The Morgan fingerprint density at radius 3 is 2.46 bits per heavy atom. The first-order valence-electron chi connectivity index (χ1n) is 7.53. The number of hydrogen-bond acceptors (Lipinski definition) is 7. The summed E-state index contributed by atoms with van der Waals surface area (Å²) in [4.78, 5) is 23.6. The van der Waals surface area contributed by atoms with Gasteiger partial charge in [0, 0.05) is 23.1 Å². The number of pyridine rings is 1. The number of rotatable bonds is 5. The van der Waals surface area contributed by atoms with Crippen molar-refractivity contribution in [3.05, 3.63) is 41.3 Å². The number of nitrogens with zero attached hydrogens (tertiary/aromatic N) is 3. The molecule has 0 aromatic carbocycles. The highest BCUT2D eigenvalue weighted by Gasteiger charge is 2.28. The van der Waals surface area contributed by atoms with Crippen LogP contribution < -0.4 is 10.0 Å². The van der Waals surface area contributed by atoms with E-state index in [0.29, 0.717) is 11.4 Å². The number of halogens is 1. The molecule has 0 aliphatic rings. The van der Waals surface area contributed by atoms with Crippen LogP contribution in [-0.4, -0.2) is 40.7 Å². The molecule has 0 saturated carbocycles. The van der Waals surface area contributed by atoms with Crippen molar-refractivity contribution in [2.24, 2.45) is 0 Å². The lowest BCUT2D eigenvalue weighted by atomic mass is 10.1. The van der Waals surface area contributed by atoms with Crippen LogP contribution >= 0.6 is 0 Å². The van der Waals surface area contributed by atoms with E-state index >= 15 is 0 Å². The molecule has 11 heteroatoms. The molecule has 0 bridgehead atoms. The zero-order valence-corrected chi connectivity index (χ0v) is 15.1. The number of alkyl halides is 1. The van der Waals surface area contributed by atoms with Gasteiger partial charge in [-0.25, -0.2) is 28.9 Å². The second-order valence-corrected chi connectivity index (χ2v) is 7.15. The van der Waals surface area contributed by atoms with Gasteiger partial charge >= 0.3 is 6.03 Å². The second-order valence-electron chi connectivity index (χ2n) is 5.55. The summed E-state index contributed by atoms with van der Waals surface area (Å²) >= 11 is 0. The van der Waals surface area contributed by atoms with E-state index in [1.165, 1.54) is 12.1 Å². The van der Waals surface area contributed by atoms with Crippen molar-refractivity contribution in [2.75, 3.05) is 5.32 Å². The van der Waals surface area contributed by atoms with E-state index in [9.17, 15) is 22.7 Å². The molecule has 0 aliphatic heterocycles. The van der Waals surface area contributed by atoms with Crippen molar-refractivity contribution in [3.63, 3.8) is 0 Å². The Kier molecular flexibility index (Phi) is 5.83. The zero-order valence-electron chi connectivity index (χ0n) is 14.3. The van der Waals surface area contributed by atoms with Gasteiger partial charge < -0.3 is 5.11 Å². The SMILES string of the molecule is Cc1cc(C)nc(NC(=O)NS(=O)(=O)c2ncccc2C(O)C(C)F)n1. The normalized spacial score (nSPS) is 13.7. The van der Waals surface area contributed by atoms with E-state index in [-0.39, 0.29) is 11.5 Å². The Bertz CT molecular complexity index is 900. The molecule has 0 fully saturated rings. The number of amides is 2. The second kappa shape index (κ2) is 7.70. The average molecular weight is 383 g/mol. The summed E-state index contributed by atoms with van der Waals surface area (Å²) in [5.74, 6) is -0.0751. The highest BCUT2D eigenvalue weighted by Crippen LogP contribution is 2.24. The molecule has 9 nitrogen and oxygen atoms in total. The summed E-state index contributed by atoms with van der Waals surface area (Å²) in [6.45, 7) is 4.45. The summed E-state index contributed by atoms with van der Waals surface area (Å²) < 4.78 is 39.9. The molecular formula is C15H18FN5O4S. The maximum Gasteiger partial charge on any atom is 0.335 e. The van der Waals surface area contributed by atoms with Crippen LogP contribution in [0.1, 0.15) is 30.0 Å². The fraction of sp³-hybridized carbons (Fsp3) is 0.333. The van der Waals surface area contributed by atoms with Crippen molar-refractivity contribution in [1.29, 1.82) is 0 Å². The van der Waals surface area contributed by atoms with Gasteiger partial charge in [0.1, 0.15) is 12.3 Å². The van der Waals surface area contributed by atoms with Gasteiger partial charge in [-0.05, 0) is 32.9 Å². The number of aliphatic hydroxyl groups excluding tert-OH is 1. The maximum absolute atomic E-state index is 13.4. The molecular weight excluding hydrogens is 365 g/mol. The Balaban J connectivity index is 2.25. The van der Waals surface area contributed by atoms with Gasteiger partial charge in [-0.15, -0.1) is 0 Å². The topological polar surface area (TPSA) is 134 Å². The van der Waals surface area contributed by atoms with Crippen molar-refractivity contribution >= 4 is 22.0 Å². The number of anilines is 1. The van der Waals surface area contributed by atoms with Crippen LogP contribution in [0, 0.1) is 13.8 Å². The first kappa shape index (κ1) is 19.7. The van der Waals surface area contributed by atoms with E-state index in [4.69, 9.17) is 0 Å². The van der Waals surface area contributed by atoms with Gasteiger partial charge in [0.2, 0.25) is 5.95 Å². The molecule has 140 valence electrons. The minimum atomic E-state index is -4.46. The Morgan fingerprint density at radius 2 is 1.88 bits per heavy atom. The van der Waals surface area contributed by atoms with E-state index in [1.54, 1.807) is 24.6 Å². The number of carbonyl (C=O) groups excluding carboxylic acids is 1. The molecule has 2 unspecified atom stereocenters. The van der Waals surface area contributed by atoms with Gasteiger partial charge in [-0.3, -0.25) is 5.32 Å². The number of urea groups is 1. The number of hydrogen-bond donors (Lipinski definition) is 3. The number of aryl methyl sites for hydroxylation is 2. The molecule has 2 atom stereocenters. The predicted molar refractivity (Wildman–Crippen MR) is 90.6 cm³/mol. The molecule has 0 radical (unpaired) electrons. The Labute approximate surface area is 149 Å². The summed E-state index contributed by atoms with van der Waals surface area (Å²) in [5.41, 5.74) is 0.913. The number of nitrogens with one attached hydrogen (secondary N) is 2. The summed E-state index contributed by atoms with van der Waals surface area (Å²) in [6, 6.07) is 3.13. The molecule has 0 aliphatic carbocycles. The Morgan fingerprint density at radius 1 is 1.27 bits per heavy atom. The molecule has 2 aromatic rings. The van der Waals surface area contributed by atoms with E-state index in [1.807, 2.05) is 0 Å². The van der Waals surface area contributed by atoms with Crippen molar-refractivity contribution in [2.45, 2.75) is 38.1 Å². The van der Waals surface area contributed by atoms with E-state index in [0.717, 1.165) is 13.1 Å². The monoisotopic (exact) mass is 383 g/mol. The molecule has 3 N–H and O–H groups in total. The van der Waals surface area contributed by atoms with Gasteiger partial charge in [0.15, 0.2) is 5.03 Å². The smallest absolute Gasteiger partial charge is 0.335 e. The van der Waals surface area contributed by atoms with Crippen LogP contribution in [0.15, 0.2) is 29.4 Å². The van der Waals surface area contributed by atoms with Gasteiger partial charge in [-0.1, -0.05) is 6.07 Å². The zero-order chi connectivity index (χ0) is 19.5. The quantitative estimate of drug-likeness (QED) is 0.710. The van der Waals surface area contributed by atoms with Gasteiger partial charge in [-0.2, -0.15) is 8.42 Å². The molecule has 0 saturated heterocycles. The summed E-state index contributed by atoms with van der Waals surface area (Å²) in [5, 5.41) is 11.4. The molecule has 0 spiro atoms. The highest BCUT2D eigenvalue weighted by molar-refractivity contribution is 7.90. The van der Waals surface area contributed by atoms with Gasteiger partial charge in [0.25, 0.3) is 10.0 Å². The maximum atomic E-state index is 13.4. The van der Waals surface area contributed by atoms with Crippen LogP contribution in [-0.2, 0) is 10.0 Å². The van der Waals surface area contributed by atoms with E-state index < -0.39 is 33.4 Å². The predicted octanol–water partition coefficient (Wildman–Crippen LogP) is 1.39. The number of aromatic nitrogens is 3. The third kappa shape index (κ3) is 4.70. The molecule has 2 amide bonds. The largest absolute Gasteiger partial charge is 0.385 e. The lowest BCUT2D eigenvalue weighted by Gasteiger charge is -2.16. The first-order chi connectivity index (χ1) is 12.1. The molecule has 2 aromatic heterocycles. The third-order valence-electron chi connectivity index (χ3n) is 3.24. The van der Waals surface area contributed by atoms with Crippen LogP contribution in [0.4, 0.5) is 15.1 Å². The minimum Gasteiger partial charge on any atom is -0.385 e. The standard InChI is InChI=1S/C15H18FN5O4S/c1-8-7-9(2)19-14(18-8)20-15(23)21-26(24,25)13-11(5-4-6-17-13)12(22)10(3)16/h4-7,10,12,22H,1-3H3,(H2,18,19,20,21,23). The highest BCUT2D eigenvalue weighted by atomic mass is 32.2. The van der Waals surface area contributed by atoms with Gasteiger partial charge in [0.05, 0.1) is 0 Å². The number of carbonyl (C=O) groups is 1. The number of aliphatic hydroxyl groups is 1. The first-order valence-corrected chi connectivity index (χ1v) is 9.01. The molecule has 2 heterocycles. The summed E-state index contributed by atoms with van der Waals surface area (Å²) in [7, 11) is -4.46. The lowest BCUT2D eigenvalue weighted by Crippen LogP contribution is -2.36. The lowest BCUT2D eigenvalue weighted by molar-refractivity contribution is 0.0853. The minimum absolute atomic E-state index is 0.0751. The fourth-order valence-corrected chi connectivity index (χ4v) is 3.27. The van der Waals surface area contributed by atoms with Crippen LogP contribution in [0.25, 0.3) is 0 Å². The van der Waals surface area contributed by atoms with Crippen molar-refractivity contribution in [3.8, 4) is 0 Å². The number of sulfonamides is 1. The fourth-order valence-electron chi connectivity index (χ4n) is 2.18.